The molecule has 2 atom stereocenters. The number of allylic oxidation sites excluding steroid dienone is 1. The first-order valence-corrected chi connectivity index (χ1v) is 8.44. The van der Waals surface area contributed by atoms with Crippen LogP contribution in [0.25, 0.3) is 0 Å². The van der Waals surface area contributed by atoms with E-state index in [1.807, 2.05) is 26.8 Å². The van der Waals surface area contributed by atoms with Crippen LogP contribution in [0.15, 0.2) is 35.3 Å². The normalized spacial score (nSPS) is 14.9. The summed E-state index contributed by atoms with van der Waals surface area (Å²) in [7, 11) is 0. The highest BCUT2D eigenvalue weighted by Crippen LogP contribution is 2.29. The fourth-order valence-corrected chi connectivity index (χ4v) is 3.14. The Hall–Kier alpha value is -0.360. The standard InChI is InChI=1S/C15H21BrFNOS/c1-5-6-7-14(18-20(19)15(2,3)4)12-9-8-11(17)10-13(12)16/h5,8-10,14,18H,1,6-7H2,2-4H3. The van der Waals surface area contributed by atoms with Crippen LogP contribution in [0.2, 0.25) is 0 Å². The zero-order chi connectivity index (χ0) is 15.3. The predicted octanol–water partition coefficient (Wildman–Crippen LogP) is 4.65. The molecule has 1 rings (SSSR count). The SMILES string of the molecule is C=CCCC(N[S+]([O-])C(C)(C)C)c1ccc(F)cc1Br. The molecule has 2 nitrogen and oxygen atoms in total. The van der Waals surface area contributed by atoms with Crippen molar-refractivity contribution in [3.05, 3.63) is 46.7 Å². The van der Waals surface area contributed by atoms with Crippen LogP contribution in [0.4, 0.5) is 4.39 Å². The number of rotatable bonds is 6. The maximum Gasteiger partial charge on any atom is 0.136 e. The first-order chi connectivity index (χ1) is 9.25. The lowest BCUT2D eigenvalue weighted by molar-refractivity contribution is 0.512. The Kier molecular flexibility index (Phi) is 6.72. The largest absolute Gasteiger partial charge is 0.598 e. The molecule has 0 amide bonds. The van der Waals surface area contributed by atoms with E-state index >= 15 is 0 Å². The average Bonchev–Trinajstić information content (AvgIpc) is 2.33. The van der Waals surface area contributed by atoms with Gasteiger partial charge in [-0.1, -0.05) is 28.1 Å². The lowest BCUT2D eigenvalue weighted by atomic mass is 10.0. The van der Waals surface area contributed by atoms with Gasteiger partial charge in [0.15, 0.2) is 0 Å². The van der Waals surface area contributed by atoms with Crippen molar-refractivity contribution in [3.8, 4) is 0 Å². The summed E-state index contributed by atoms with van der Waals surface area (Å²) in [6.45, 7) is 9.47. The fraction of sp³-hybridized carbons (Fsp3) is 0.467. The molecule has 5 heteroatoms. The fourth-order valence-electron chi connectivity index (χ4n) is 1.65. The predicted molar refractivity (Wildman–Crippen MR) is 87.3 cm³/mol. The van der Waals surface area contributed by atoms with Gasteiger partial charge in [0.2, 0.25) is 0 Å². The molecule has 0 aliphatic heterocycles. The van der Waals surface area contributed by atoms with Crippen molar-refractivity contribution in [1.82, 2.24) is 4.72 Å². The summed E-state index contributed by atoms with van der Waals surface area (Å²) in [5.41, 5.74) is 0.908. The van der Waals surface area contributed by atoms with Gasteiger partial charge in [0, 0.05) is 15.8 Å². The Bertz CT molecular complexity index is 462. The second-order valence-electron chi connectivity index (χ2n) is 5.58. The van der Waals surface area contributed by atoms with Gasteiger partial charge in [-0.2, -0.15) is 0 Å². The molecule has 0 saturated heterocycles. The zero-order valence-corrected chi connectivity index (χ0v) is 14.5. The highest BCUT2D eigenvalue weighted by Gasteiger charge is 2.30. The van der Waals surface area contributed by atoms with Gasteiger partial charge in [-0.3, -0.25) is 0 Å². The first kappa shape index (κ1) is 17.7. The van der Waals surface area contributed by atoms with Gasteiger partial charge >= 0.3 is 0 Å². The zero-order valence-electron chi connectivity index (χ0n) is 12.1. The number of hydrogen-bond donors (Lipinski definition) is 1. The van der Waals surface area contributed by atoms with E-state index in [1.165, 1.54) is 12.1 Å². The molecule has 0 bridgehead atoms. The van der Waals surface area contributed by atoms with Crippen molar-refractivity contribution in [1.29, 1.82) is 0 Å². The summed E-state index contributed by atoms with van der Waals surface area (Å²) in [5, 5.41) is 0. The van der Waals surface area contributed by atoms with Crippen molar-refractivity contribution in [2.24, 2.45) is 0 Å². The molecule has 20 heavy (non-hydrogen) atoms. The topological polar surface area (TPSA) is 35.1 Å². The van der Waals surface area contributed by atoms with E-state index in [-0.39, 0.29) is 16.6 Å². The van der Waals surface area contributed by atoms with Gasteiger partial charge in [-0.25, -0.2) is 4.39 Å². The Balaban J connectivity index is 2.96. The highest BCUT2D eigenvalue weighted by molar-refractivity contribution is 9.10. The molecule has 0 aromatic heterocycles. The van der Waals surface area contributed by atoms with Gasteiger partial charge in [0.05, 0.1) is 6.04 Å². The molecule has 0 radical (unpaired) electrons. The minimum absolute atomic E-state index is 0.108. The Labute approximate surface area is 132 Å². The van der Waals surface area contributed by atoms with E-state index in [2.05, 4.69) is 27.2 Å². The minimum atomic E-state index is -1.18. The summed E-state index contributed by atoms with van der Waals surface area (Å²) < 4.78 is 28.9. The van der Waals surface area contributed by atoms with Crippen LogP contribution in [0.1, 0.15) is 45.2 Å². The van der Waals surface area contributed by atoms with Crippen LogP contribution in [0.3, 0.4) is 0 Å². The quantitative estimate of drug-likeness (QED) is 0.591. The lowest BCUT2D eigenvalue weighted by Gasteiger charge is -2.28. The molecule has 0 aliphatic rings. The van der Waals surface area contributed by atoms with Crippen molar-refractivity contribution in [3.63, 3.8) is 0 Å². The van der Waals surface area contributed by atoms with Gasteiger partial charge in [-0.15, -0.1) is 11.3 Å². The van der Waals surface area contributed by atoms with Crippen LogP contribution < -0.4 is 4.72 Å². The van der Waals surface area contributed by atoms with Crippen LogP contribution >= 0.6 is 15.9 Å². The monoisotopic (exact) mass is 361 g/mol. The molecule has 0 spiro atoms. The molecule has 1 aromatic rings. The second-order valence-corrected chi connectivity index (χ2v) is 8.44. The van der Waals surface area contributed by atoms with E-state index in [0.717, 1.165) is 18.4 Å². The Morgan fingerprint density at radius 1 is 1.50 bits per heavy atom. The molecule has 0 aliphatic carbocycles. The molecule has 112 valence electrons. The first-order valence-electron chi connectivity index (χ1n) is 6.49. The minimum Gasteiger partial charge on any atom is -0.598 e. The number of hydrogen-bond acceptors (Lipinski definition) is 2. The van der Waals surface area contributed by atoms with E-state index in [0.29, 0.717) is 4.47 Å². The molecule has 1 aromatic carbocycles. The molecular formula is C15H21BrFNOS. The van der Waals surface area contributed by atoms with E-state index < -0.39 is 11.4 Å². The third kappa shape index (κ3) is 5.20. The molecular weight excluding hydrogens is 341 g/mol. The summed E-state index contributed by atoms with van der Waals surface area (Å²) in [6, 6.07) is 4.46. The highest BCUT2D eigenvalue weighted by atomic mass is 79.9. The number of nitrogens with one attached hydrogen (secondary N) is 1. The van der Waals surface area contributed by atoms with Crippen LogP contribution in [-0.4, -0.2) is 9.30 Å². The third-order valence-corrected chi connectivity index (χ3v) is 5.10. The van der Waals surface area contributed by atoms with Crippen molar-refractivity contribution < 1.29 is 8.94 Å². The molecule has 0 saturated carbocycles. The molecule has 2 unspecified atom stereocenters. The van der Waals surface area contributed by atoms with Gasteiger partial charge in [0.1, 0.15) is 10.6 Å². The van der Waals surface area contributed by atoms with Gasteiger partial charge in [-0.05, 0) is 51.3 Å². The van der Waals surface area contributed by atoms with Crippen molar-refractivity contribution in [2.75, 3.05) is 0 Å². The average molecular weight is 362 g/mol. The summed E-state index contributed by atoms with van der Waals surface area (Å²) >= 11 is 2.19. The van der Waals surface area contributed by atoms with Crippen LogP contribution in [0.5, 0.6) is 0 Å². The molecule has 0 heterocycles. The van der Waals surface area contributed by atoms with E-state index in [9.17, 15) is 8.94 Å². The van der Waals surface area contributed by atoms with Crippen molar-refractivity contribution >= 4 is 27.3 Å². The number of halogens is 2. The Morgan fingerprint density at radius 3 is 2.65 bits per heavy atom. The van der Waals surface area contributed by atoms with Crippen LogP contribution in [-0.2, 0) is 11.4 Å². The van der Waals surface area contributed by atoms with Gasteiger partial charge < -0.3 is 4.55 Å². The summed E-state index contributed by atoms with van der Waals surface area (Å²) in [6.07, 6.45) is 3.38. The Morgan fingerprint density at radius 2 is 2.15 bits per heavy atom. The second kappa shape index (κ2) is 7.59. The third-order valence-electron chi connectivity index (χ3n) is 2.80. The lowest BCUT2D eigenvalue weighted by Crippen LogP contribution is -2.41. The maximum absolute atomic E-state index is 13.2. The summed E-state index contributed by atoms with van der Waals surface area (Å²) in [5.74, 6) is -0.292. The maximum atomic E-state index is 13.2. The van der Waals surface area contributed by atoms with E-state index in [4.69, 9.17) is 0 Å². The number of benzene rings is 1. The summed E-state index contributed by atoms with van der Waals surface area (Å²) in [4.78, 5) is 0. The smallest absolute Gasteiger partial charge is 0.136 e. The van der Waals surface area contributed by atoms with E-state index in [1.54, 1.807) is 6.07 Å². The van der Waals surface area contributed by atoms with Crippen LogP contribution in [0, 0.1) is 5.82 Å². The molecule has 0 fully saturated rings. The van der Waals surface area contributed by atoms with Crippen molar-refractivity contribution in [2.45, 2.75) is 44.4 Å². The molecule has 1 N–H and O–H groups in total. The van der Waals surface area contributed by atoms with Gasteiger partial charge in [0.25, 0.3) is 0 Å².